The van der Waals surface area contributed by atoms with E-state index in [-0.39, 0.29) is 12.0 Å². The van der Waals surface area contributed by atoms with E-state index >= 15 is 0 Å². The summed E-state index contributed by atoms with van der Waals surface area (Å²) < 4.78 is 0. The molecule has 7 heteroatoms. The summed E-state index contributed by atoms with van der Waals surface area (Å²) in [6.45, 7) is 1.95. The number of nitriles is 1. The number of anilines is 2. The van der Waals surface area contributed by atoms with Crippen molar-refractivity contribution in [1.82, 2.24) is 19.9 Å². The van der Waals surface area contributed by atoms with E-state index in [4.69, 9.17) is 11.0 Å². The minimum absolute atomic E-state index is 0.0424. The number of nitrogens with one attached hydrogen (secondary N) is 1. The average molecular weight is 231 g/mol. The van der Waals surface area contributed by atoms with Crippen molar-refractivity contribution in [3.05, 3.63) is 6.33 Å². The van der Waals surface area contributed by atoms with E-state index in [1.165, 1.54) is 0 Å². The zero-order valence-electron chi connectivity index (χ0n) is 9.68. The highest BCUT2D eigenvalue weighted by molar-refractivity contribution is 5.84. The lowest BCUT2D eigenvalue weighted by atomic mass is 10.2. The minimum atomic E-state index is 0.0424. The van der Waals surface area contributed by atoms with Crippen molar-refractivity contribution in [2.45, 2.75) is 19.4 Å². The van der Waals surface area contributed by atoms with Gasteiger partial charge in [0.1, 0.15) is 5.52 Å². The number of nitrogen functional groups attached to an aromatic ring is 1. The van der Waals surface area contributed by atoms with E-state index in [2.05, 4.69) is 26.0 Å². The predicted octanol–water partition coefficient (Wildman–Crippen LogP) is 0.673. The number of H-pyrrole nitrogens is 1. The molecule has 2 aromatic heterocycles. The number of nitrogens with zero attached hydrogens (tertiary/aromatic N) is 5. The second kappa shape index (κ2) is 4.25. The molecule has 1 atom stereocenters. The third kappa shape index (κ3) is 1.97. The summed E-state index contributed by atoms with van der Waals surface area (Å²) in [6, 6.07) is 2.17. The van der Waals surface area contributed by atoms with Gasteiger partial charge < -0.3 is 15.6 Å². The van der Waals surface area contributed by atoms with E-state index in [0.29, 0.717) is 17.9 Å². The first kappa shape index (κ1) is 11.1. The molecule has 0 aliphatic carbocycles. The van der Waals surface area contributed by atoms with E-state index in [1.807, 2.05) is 18.9 Å². The summed E-state index contributed by atoms with van der Waals surface area (Å²) in [4.78, 5) is 17.1. The van der Waals surface area contributed by atoms with E-state index in [0.717, 1.165) is 5.52 Å². The van der Waals surface area contributed by atoms with Crippen molar-refractivity contribution in [2.75, 3.05) is 17.7 Å². The Morgan fingerprint density at radius 2 is 2.35 bits per heavy atom. The second-order valence-electron chi connectivity index (χ2n) is 3.83. The van der Waals surface area contributed by atoms with Gasteiger partial charge in [0.15, 0.2) is 11.5 Å². The van der Waals surface area contributed by atoms with Crippen molar-refractivity contribution in [3.8, 4) is 6.07 Å². The van der Waals surface area contributed by atoms with Crippen molar-refractivity contribution >= 4 is 22.9 Å². The molecule has 88 valence electrons. The fourth-order valence-electron chi connectivity index (χ4n) is 1.57. The molecule has 0 fully saturated rings. The van der Waals surface area contributed by atoms with Crippen molar-refractivity contribution in [3.63, 3.8) is 0 Å². The average Bonchev–Trinajstić information content (AvgIpc) is 2.75. The molecule has 2 aromatic rings. The molecule has 0 bridgehead atoms. The number of hydrogen-bond donors (Lipinski definition) is 2. The largest absolute Gasteiger partial charge is 0.368 e. The number of hydrogen-bond acceptors (Lipinski definition) is 6. The molecule has 0 saturated heterocycles. The predicted molar refractivity (Wildman–Crippen MR) is 64.2 cm³/mol. The zero-order chi connectivity index (χ0) is 12.4. The number of nitrogens with two attached hydrogens (primary N) is 1. The van der Waals surface area contributed by atoms with Crippen molar-refractivity contribution in [1.29, 1.82) is 5.26 Å². The normalized spacial score (nSPS) is 12.3. The summed E-state index contributed by atoms with van der Waals surface area (Å²) in [7, 11) is 1.87. The Bertz CT molecular complexity index is 568. The summed E-state index contributed by atoms with van der Waals surface area (Å²) >= 11 is 0. The van der Waals surface area contributed by atoms with Crippen LogP contribution in [0, 0.1) is 11.3 Å². The highest BCUT2D eigenvalue weighted by Crippen LogP contribution is 2.22. The maximum absolute atomic E-state index is 8.71. The maximum Gasteiger partial charge on any atom is 0.224 e. The van der Waals surface area contributed by atoms with Crippen LogP contribution in [-0.2, 0) is 0 Å². The van der Waals surface area contributed by atoms with Crippen LogP contribution >= 0.6 is 0 Å². The smallest absolute Gasteiger partial charge is 0.224 e. The number of aromatic nitrogens is 4. The Morgan fingerprint density at radius 3 is 3.06 bits per heavy atom. The van der Waals surface area contributed by atoms with Crippen LogP contribution in [0.25, 0.3) is 11.2 Å². The molecule has 3 N–H and O–H groups in total. The van der Waals surface area contributed by atoms with Gasteiger partial charge in [0, 0.05) is 13.1 Å². The number of fused-ring (bicyclic) bond motifs is 1. The molecule has 0 aliphatic rings. The summed E-state index contributed by atoms with van der Waals surface area (Å²) in [5.41, 5.74) is 6.89. The zero-order valence-corrected chi connectivity index (χ0v) is 9.68. The van der Waals surface area contributed by atoms with E-state index < -0.39 is 0 Å². The van der Waals surface area contributed by atoms with E-state index in [9.17, 15) is 0 Å². The molecule has 0 spiro atoms. The molecule has 7 nitrogen and oxygen atoms in total. The molecule has 0 aliphatic heterocycles. The molecule has 0 aromatic carbocycles. The SMILES string of the molecule is CC(CC#N)N(C)c1nc(N)nc2nc[nH]c12. The number of rotatable bonds is 3. The maximum atomic E-state index is 8.71. The lowest BCUT2D eigenvalue weighted by molar-refractivity contribution is 0.696. The van der Waals surface area contributed by atoms with Crippen LogP contribution in [0.4, 0.5) is 11.8 Å². The van der Waals surface area contributed by atoms with Gasteiger partial charge in [-0.05, 0) is 6.92 Å². The molecule has 2 heterocycles. The van der Waals surface area contributed by atoms with Gasteiger partial charge >= 0.3 is 0 Å². The monoisotopic (exact) mass is 231 g/mol. The van der Waals surface area contributed by atoms with Crippen molar-refractivity contribution in [2.24, 2.45) is 0 Å². The Hall–Kier alpha value is -2.36. The van der Waals surface area contributed by atoms with Gasteiger partial charge in [0.25, 0.3) is 0 Å². The molecule has 2 rings (SSSR count). The van der Waals surface area contributed by atoms with E-state index in [1.54, 1.807) is 6.33 Å². The van der Waals surface area contributed by atoms with Gasteiger partial charge in [0.05, 0.1) is 18.8 Å². The number of aromatic amines is 1. The molecule has 0 amide bonds. The molecule has 0 saturated carbocycles. The van der Waals surface area contributed by atoms with Gasteiger partial charge in [0.2, 0.25) is 5.95 Å². The van der Waals surface area contributed by atoms with Gasteiger partial charge in [-0.2, -0.15) is 15.2 Å². The second-order valence-corrected chi connectivity index (χ2v) is 3.83. The summed E-state index contributed by atoms with van der Waals surface area (Å²) in [6.07, 6.45) is 1.96. The van der Waals surface area contributed by atoms with Crippen LogP contribution in [0.3, 0.4) is 0 Å². The standard InChI is InChI=1S/C10H13N7/c1-6(3-4-11)17(2)9-7-8(14-5-13-7)15-10(12)16-9/h5-6H,3H2,1-2H3,(H3,12,13,14,15,16). The lowest BCUT2D eigenvalue weighted by Gasteiger charge is -2.24. The fourth-order valence-corrected chi connectivity index (χ4v) is 1.57. The van der Waals surface area contributed by atoms with Crippen LogP contribution in [0.1, 0.15) is 13.3 Å². The highest BCUT2D eigenvalue weighted by atomic mass is 15.2. The molecular formula is C10H13N7. The van der Waals surface area contributed by atoms with Crippen LogP contribution in [0.5, 0.6) is 0 Å². The first-order valence-electron chi connectivity index (χ1n) is 5.20. The van der Waals surface area contributed by atoms with Gasteiger partial charge in [-0.3, -0.25) is 0 Å². The Balaban J connectivity index is 2.47. The Labute approximate surface area is 98.3 Å². The Kier molecular flexibility index (Phi) is 2.78. The molecule has 1 unspecified atom stereocenters. The Morgan fingerprint density at radius 1 is 1.59 bits per heavy atom. The lowest BCUT2D eigenvalue weighted by Crippen LogP contribution is -2.29. The topological polar surface area (TPSA) is 108 Å². The van der Waals surface area contributed by atoms with Gasteiger partial charge in [-0.1, -0.05) is 0 Å². The quantitative estimate of drug-likeness (QED) is 0.804. The summed E-state index contributed by atoms with van der Waals surface area (Å²) in [5.74, 6) is 0.836. The van der Waals surface area contributed by atoms with Crippen LogP contribution in [-0.4, -0.2) is 33.0 Å². The molecule has 0 radical (unpaired) electrons. The van der Waals surface area contributed by atoms with Crippen LogP contribution < -0.4 is 10.6 Å². The third-order valence-corrected chi connectivity index (χ3v) is 2.67. The highest BCUT2D eigenvalue weighted by Gasteiger charge is 2.16. The van der Waals surface area contributed by atoms with Gasteiger partial charge in [-0.25, -0.2) is 4.98 Å². The molecule has 17 heavy (non-hydrogen) atoms. The summed E-state index contributed by atoms with van der Waals surface area (Å²) in [5, 5.41) is 8.71. The third-order valence-electron chi connectivity index (χ3n) is 2.67. The van der Waals surface area contributed by atoms with Crippen LogP contribution in [0.2, 0.25) is 0 Å². The number of imidazole rings is 1. The first-order valence-corrected chi connectivity index (χ1v) is 5.20. The van der Waals surface area contributed by atoms with Crippen LogP contribution in [0.15, 0.2) is 6.33 Å². The fraction of sp³-hybridized carbons (Fsp3) is 0.400. The minimum Gasteiger partial charge on any atom is -0.368 e. The molecular weight excluding hydrogens is 218 g/mol. The first-order chi connectivity index (χ1) is 8.13. The van der Waals surface area contributed by atoms with Crippen molar-refractivity contribution < 1.29 is 0 Å². The van der Waals surface area contributed by atoms with Gasteiger partial charge in [-0.15, -0.1) is 0 Å².